The van der Waals surface area contributed by atoms with Crippen LogP contribution in [0.1, 0.15) is 48.2 Å². The minimum Gasteiger partial charge on any atom is -0.461 e. The van der Waals surface area contributed by atoms with E-state index in [1.165, 1.54) is 43.9 Å². The smallest absolute Gasteiger partial charge is 0.255 e. The lowest BCUT2D eigenvalue weighted by atomic mass is 9.89. The second-order valence-electron chi connectivity index (χ2n) is 6.21. The predicted molar refractivity (Wildman–Crippen MR) is 95.2 cm³/mol. The van der Waals surface area contributed by atoms with Gasteiger partial charge in [-0.05, 0) is 44.1 Å². The maximum Gasteiger partial charge on any atom is 0.255 e. The zero-order valence-electron chi connectivity index (χ0n) is 14.2. The fourth-order valence-corrected chi connectivity index (χ4v) is 3.81. The summed E-state index contributed by atoms with van der Waals surface area (Å²) in [6, 6.07) is 3.62. The van der Waals surface area contributed by atoms with Crippen LogP contribution in [0.5, 0.6) is 0 Å². The van der Waals surface area contributed by atoms with Crippen molar-refractivity contribution in [1.29, 1.82) is 0 Å². The molecule has 2 heterocycles. The van der Waals surface area contributed by atoms with Crippen molar-refractivity contribution in [2.24, 2.45) is 5.92 Å². The van der Waals surface area contributed by atoms with Crippen LogP contribution in [0, 0.1) is 12.8 Å². The van der Waals surface area contributed by atoms with Gasteiger partial charge >= 0.3 is 0 Å². The molecule has 2 aromatic heterocycles. The van der Waals surface area contributed by atoms with E-state index in [0.29, 0.717) is 33.8 Å². The highest BCUT2D eigenvalue weighted by molar-refractivity contribution is 7.98. The van der Waals surface area contributed by atoms with E-state index in [-0.39, 0.29) is 5.91 Å². The molecule has 0 atom stereocenters. The molecule has 0 aromatic carbocycles. The van der Waals surface area contributed by atoms with Crippen LogP contribution < -0.4 is 5.32 Å². The van der Waals surface area contributed by atoms with Crippen LogP contribution in [0.25, 0.3) is 11.6 Å². The lowest BCUT2D eigenvalue weighted by Crippen LogP contribution is -2.31. The molecule has 24 heavy (non-hydrogen) atoms. The highest BCUT2D eigenvalue weighted by Gasteiger charge is 2.21. The molecule has 1 N–H and O–H groups in total. The van der Waals surface area contributed by atoms with Crippen LogP contribution in [-0.4, -0.2) is 28.7 Å². The van der Waals surface area contributed by atoms with Crippen molar-refractivity contribution in [2.75, 3.05) is 12.8 Å². The number of carbonyl (C=O) groups excluding carboxylic acids is 1. The molecule has 1 fully saturated rings. The van der Waals surface area contributed by atoms with Crippen LogP contribution in [0.15, 0.2) is 27.8 Å². The summed E-state index contributed by atoms with van der Waals surface area (Å²) in [6.45, 7) is 2.59. The maximum atomic E-state index is 12.7. The number of furan rings is 1. The lowest BCUT2D eigenvalue weighted by molar-refractivity contribution is 0.0938. The van der Waals surface area contributed by atoms with Crippen molar-refractivity contribution < 1.29 is 9.21 Å². The molecule has 1 amide bonds. The van der Waals surface area contributed by atoms with Crippen LogP contribution in [0.3, 0.4) is 0 Å². The number of carbonyl (C=O) groups is 1. The third kappa shape index (κ3) is 3.80. The van der Waals surface area contributed by atoms with Crippen molar-refractivity contribution in [3.63, 3.8) is 0 Å². The molecule has 0 saturated heterocycles. The Morgan fingerprint density at radius 1 is 1.33 bits per heavy atom. The molecule has 2 aromatic rings. The van der Waals surface area contributed by atoms with Crippen LogP contribution in [0.2, 0.25) is 0 Å². The largest absolute Gasteiger partial charge is 0.461 e. The zero-order valence-corrected chi connectivity index (χ0v) is 15.0. The van der Waals surface area contributed by atoms with Crippen molar-refractivity contribution in [3.05, 3.63) is 29.7 Å². The molecule has 0 unspecified atom stereocenters. The van der Waals surface area contributed by atoms with Gasteiger partial charge in [0.1, 0.15) is 5.03 Å². The number of aromatic nitrogens is 2. The number of nitrogens with zero attached hydrogens (tertiary/aromatic N) is 2. The summed E-state index contributed by atoms with van der Waals surface area (Å²) < 4.78 is 5.37. The molecule has 1 aliphatic carbocycles. The van der Waals surface area contributed by atoms with Crippen molar-refractivity contribution >= 4 is 17.7 Å². The maximum absolute atomic E-state index is 12.7. The number of aryl methyl sites for hydroxylation is 1. The summed E-state index contributed by atoms with van der Waals surface area (Å²) in [5.41, 5.74) is 1.26. The Bertz CT molecular complexity index is 695. The monoisotopic (exact) mass is 345 g/mol. The van der Waals surface area contributed by atoms with E-state index in [9.17, 15) is 4.79 Å². The van der Waals surface area contributed by atoms with E-state index in [1.54, 1.807) is 12.3 Å². The van der Waals surface area contributed by atoms with E-state index in [2.05, 4.69) is 15.3 Å². The van der Waals surface area contributed by atoms with E-state index < -0.39 is 0 Å². The van der Waals surface area contributed by atoms with Crippen molar-refractivity contribution in [2.45, 2.75) is 44.1 Å². The lowest BCUT2D eigenvalue weighted by Gasteiger charge is -2.22. The number of hydrogen-bond donors (Lipinski definition) is 1. The van der Waals surface area contributed by atoms with Gasteiger partial charge in [-0.1, -0.05) is 19.3 Å². The topological polar surface area (TPSA) is 68.0 Å². The normalized spacial score (nSPS) is 15.4. The second-order valence-corrected chi connectivity index (χ2v) is 7.00. The van der Waals surface area contributed by atoms with Crippen molar-refractivity contribution in [1.82, 2.24) is 15.3 Å². The Morgan fingerprint density at radius 2 is 2.12 bits per heavy atom. The number of rotatable bonds is 5. The Kier molecular flexibility index (Phi) is 5.56. The van der Waals surface area contributed by atoms with Gasteiger partial charge in [0.05, 0.1) is 17.5 Å². The average molecular weight is 345 g/mol. The van der Waals surface area contributed by atoms with Crippen molar-refractivity contribution in [3.8, 4) is 11.6 Å². The summed E-state index contributed by atoms with van der Waals surface area (Å²) in [6.07, 6.45) is 9.81. The minimum atomic E-state index is -0.0755. The van der Waals surface area contributed by atoms with Crippen LogP contribution in [-0.2, 0) is 0 Å². The summed E-state index contributed by atoms with van der Waals surface area (Å²) in [5.74, 6) is 1.66. The summed E-state index contributed by atoms with van der Waals surface area (Å²) in [7, 11) is 0. The third-order valence-electron chi connectivity index (χ3n) is 4.49. The molecule has 5 nitrogen and oxygen atoms in total. The number of hydrogen-bond acceptors (Lipinski definition) is 5. The van der Waals surface area contributed by atoms with Crippen LogP contribution >= 0.6 is 11.8 Å². The molecular weight excluding hydrogens is 322 g/mol. The Labute approximate surface area is 146 Å². The first-order chi connectivity index (χ1) is 11.7. The predicted octanol–water partition coefficient (Wildman–Crippen LogP) is 4.08. The molecule has 3 rings (SSSR count). The molecule has 128 valence electrons. The van der Waals surface area contributed by atoms with Gasteiger partial charge in [0.25, 0.3) is 5.91 Å². The zero-order chi connectivity index (χ0) is 16.9. The van der Waals surface area contributed by atoms with Gasteiger partial charge < -0.3 is 9.73 Å². The van der Waals surface area contributed by atoms with Gasteiger partial charge in [-0.15, -0.1) is 11.8 Å². The van der Waals surface area contributed by atoms with Gasteiger partial charge in [0, 0.05) is 6.54 Å². The summed E-state index contributed by atoms with van der Waals surface area (Å²) in [5, 5.41) is 3.77. The van der Waals surface area contributed by atoms with Gasteiger partial charge in [-0.3, -0.25) is 4.79 Å². The minimum absolute atomic E-state index is 0.0755. The molecule has 0 bridgehead atoms. The highest BCUT2D eigenvalue weighted by Crippen LogP contribution is 2.26. The van der Waals surface area contributed by atoms with E-state index >= 15 is 0 Å². The van der Waals surface area contributed by atoms with Gasteiger partial charge in [0.15, 0.2) is 11.6 Å². The fraction of sp³-hybridized carbons (Fsp3) is 0.500. The first-order valence-corrected chi connectivity index (χ1v) is 9.66. The van der Waals surface area contributed by atoms with E-state index in [1.807, 2.05) is 19.2 Å². The standard InChI is InChI=1S/C18H23N3O2S/c1-12-15(17(22)19-11-13-7-4-3-5-8-13)18(24-2)21-16(20-12)14-9-6-10-23-14/h6,9-10,13H,3-5,7-8,11H2,1-2H3,(H,19,22). The quantitative estimate of drug-likeness (QED) is 0.653. The third-order valence-corrected chi connectivity index (χ3v) is 5.18. The van der Waals surface area contributed by atoms with E-state index in [0.717, 1.165) is 6.54 Å². The van der Waals surface area contributed by atoms with Gasteiger partial charge in [-0.2, -0.15) is 0 Å². The number of thioether (sulfide) groups is 1. The summed E-state index contributed by atoms with van der Waals surface area (Å²) in [4.78, 5) is 21.6. The van der Waals surface area contributed by atoms with Crippen LogP contribution in [0.4, 0.5) is 0 Å². The summed E-state index contributed by atoms with van der Waals surface area (Å²) >= 11 is 1.46. The Hall–Kier alpha value is -1.82. The number of amides is 1. The fourth-order valence-electron chi connectivity index (χ4n) is 3.19. The highest BCUT2D eigenvalue weighted by atomic mass is 32.2. The molecular formula is C18H23N3O2S. The molecule has 0 radical (unpaired) electrons. The average Bonchev–Trinajstić information content (AvgIpc) is 3.14. The van der Waals surface area contributed by atoms with Gasteiger partial charge in [0.2, 0.25) is 0 Å². The Balaban J connectivity index is 1.77. The Morgan fingerprint density at radius 3 is 2.79 bits per heavy atom. The molecule has 1 aliphatic rings. The number of nitrogens with one attached hydrogen (secondary N) is 1. The first-order valence-electron chi connectivity index (χ1n) is 8.43. The second kappa shape index (κ2) is 7.83. The first kappa shape index (κ1) is 17.0. The van der Waals surface area contributed by atoms with Gasteiger partial charge in [-0.25, -0.2) is 9.97 Å². The molecule has 1 saturated carbocycles. The SMILES string of the molecule is CSc1nc(-c2ccco2)nc(C)c1C(=O)NCC1CCCCC1. The molecule has 6 heteroatoms. The van der Waals surface area contributed by atoms with E-state index in [4.69, 9.17) is 4.42 Å². The molecule has 0 spiro atoms. The molecule has 0 aliphatic heterocycles.